The summed E-state index contributed by atoms with van der Waals surface area (Å²) in [6.45, 7) is 1.71. The van der Waals surface area contributed by atoms with E-state index in [0.717, 1.165) is 23.9 Å². The topological polar surface area (TPSA) is 43.5 Å². The number of likely N-dealkylation sites (tertiary alicyclic amines) is 1. The van der Waals surface area contributed by atoms with E-state index in [4.69, 9.17) is 0 Å². The molecule has 0 aliphatic carbocycles. The van der Waals surface area contributed by atoms with Crippen molar-refractivity contribution in [3.05, 3.63) is 52.8 Å². The number of hydrogen-bond donors (Lipinski definition) is 1. The zero-order valence-electron chi connectivity index (χ0n) is 13.2. The predicted octanol–water partition coefficient (Wildman–Crippen LogP) is 1.98. The standard InChI is InChI=1S/C17H21BrN2O2S/c1-19-10-2-4-16(19)17-5-3-11-20(17)12-13-23(21,22)15-8-6-14(18)7-9-15/h2,4,6-10,17H,3,5,11-13H2,1H3/p+1/t17-/m1/s1. The molecule has 1 fully saturated rings. The van der Waals surface area contributed by atoms with E-state index in [9.17, 15) is 8.42 Å². The molecule has 2 atom stereocenters. The van der Waals surface area contributed by atoms with E-state index < -0.39 is 9.84 Å². The number of nitrogens with zero attached hydrogens (tertiary/aromatic N) is 1. The molecule has 0 bridgehead atoms. The van der Waals surface area contributed by atoms with Crippen LogP contribution in [0.5, 0.6) is 0 Å². The Morgan fingerprint density at radius 1 is 1.26 bits per heavy atom. The van der Waals surface area contributed by atoms with Gasteiger partial charge in [-0.05, 0) is 36.4 Å². The summed E-state index contributed by atoms with van der Waals surface area (Å²) in [6.07, 6.45) is 4.35. The molecule has 1 aromatic heterocycles. The summed E-state index contributed by atoms with van der Waals surface area (Å²) >= 11 is 3.34. The predicted molar refractivity (Wildman–Crippen MR) is 94.3 cm³/mol. The van der Waals surface area contributed by atoms with Crippen molar-refractivity contribution in [2.45, 2.75) is 23.8 Å². The number of aromatic nitrogens is 1. The molecule has 1 aliphatic heterocycles. The maximum atomic E-state index is 12.5. The molecule has 0 saturated carbocycles. The van der Waals surface area contributed by atoms with Gasteiger partial charge in [0.25, 0.3) is 0 Å². The second-order valence-corrected chi connectivity index (χ2v) is 9.19. The highest BCUT2D eigenvalue weighted by Crippen LogP contribution is 2.19. The molecule has 1 saturated heterocycles. The lowest BCUT2D eigenvalue weighted by Gasteiger charge is -2.22. The molecule has 0 spiro atoms. The minimum atomic E-state index is -3.22. The van der Waals surface area contributed by atoms with Crippen LogP contribution in [-0.2, 0) is 16.9 Å². The third-order valence-electron chi connectivity index (χ3n) is 4.69. The van der Waals surface area contributed by atoms with Gasteiger partial charge in [0, 0.05) is 30.6 Å². The van der Waals surface area contributed by atoms with Crippen molar-refractivity contribution in [2.24, 2.45) is 7.05 Å². The Kier molecular flexibility index (Phi) is 4.94. The first-order chi connectivity index (χ1) is 11.0. The molecule has 2 aromatic rings. The van der Waals surface area contributed by atoms with Gasteiger partial charge in [-0.2, -0.15) is 0 Å². The van der Waals surface area contributed by atoms with Crippen LogP contribution in [0.1, 0.15) is 24.6 Å². The summed E-state index contributed by atoms with van der Waals surface area (Å²) in [5, 5.41) is 0. The van der Waals surface area contributed by atoms with Gasteiger partial charge in [-0.25, -0.2) is 8.42 Å². The van der Waals surface area contributed by atoms with Crippen LogP contribution in [0.15, 0.2) is 52.0 Å². The Morgan fingerprint density at radius 2 is 2.00 bits per heavy atom. The SMILES string of the molecule is Cn1cccc1[C@H]1CCC[NH+]1CCS(=O)(=O)c1ccc(Br)cc1. The monoisotopic (exact) mass is 397 g/mol. The Labute approximate surface area is 146 Å². The van der Waals surface area contributed by atoms with Crippen LogP contribution in [0.3, 0.4) is 0 Å². The van der Waals surface area contributed by atoms with Gasteiger partial charge in [-0.3, -0.25) is 0 Å². The van der Waals surface area contributed by atoms with Crippen molar-refractivity contribution < 1.29 is 13.3 Å². The highest BCUT2D eigenvalue weighted by molar-refractivity contribution is 9.10. The van der Waals surface area contributed by atoms with Crippen molar-refractivity contribution in [3.8, 4) is 0 Å². The minimum absolute atomic E-state index is 0.199. The second kappa shape index (κ2) is 6.79. The van der Waals surface area contributed by atoms with E-state index in [0.29, 0.717) is 17.5 Å². The third kappa shape index (κ3) is 3.70. The number of halogens is 1. The van der Waals surface area contributed by atoms with Gasteiger partial charge in [0.15, 0.2) is 9.84 Å². The number of quaternary nitrogens is 1. The molecule has 1 aromatic carbocycles. The van der Waals surface area contributed by atoms with Gasteiger partial charge in [0.2, 0.25) is 0 Å². The zero-order chi connectivity index (χ0) is 16.4. The van der Waals surface area contributed by atoms with Crippen LogP contribution in [0.2, 0.25) is 0 Å². The number of aryl methyl sites for hydroxylation is 1. The fourth-order valence-electron chi connectivity index (χ4n) is 3.43. The van der Waals surface area contributed by atoms with Crippen LogP contribution in [0.4, 0.5) is 0 Å². The van der Waals surface area contributed by atoms with Crippen molar-refractivity contribution >= 4 is 25.8 Å². The van der Waals surface area contributed by atoms with E-state index >= 15 is 0 Å². The summed E-state index contributed by atoms with van der Waals surface area (Å²) in [5.74, 6) is 0.199. The fraction of sp³-hybridized carbons (Fsp3) is 0.412. The molecular formula is C17H22BrN2O2S+. The molecule has 2 heterocycles. The average Bonchev–Trinajstić information content (AvgIpc) is 3.14. The van der Waals surface area contributed by atoms with Gasteiger partial charge < -0.3 is 9.47 Å². The van der Waals surface area contributed by atoms with Crippen LogP contribution in [0.25, 0.3) is 0 Å². The van der Waals surface area contributed by atoms with Gasteiger partial charge in [-0.1, -0.05) is 15.9 Å². The highest BCUT2D eigenvalue weighted by Gasteiger charge is 2.32. The maximum Gasteiger partial charge on any atom is 0.183 e. The third-order valence-corrected chi connectivity index (χ3v) is 6.95. The first kappa shape index (κ1) is 16.7. The van der Waals surface area contributed by atoms with E-state index in [1.54, 1.807) is 24.3 Å². The Hall–Kier alpha value is -1.11. The maximum absolute atomic E-state index is 12.5. The number of nitrogens with one attached hydrogen (secondary N) is 1. The highest BCUT2D eigenvalue weighted by atomic mass is 79.9. The quantitative estimate of drug-likeness (QED) is 0.837. The fourth-order valence-corrected chi connectivity index (χ4v) is 5.01. The summed E-state index contributed by atoms with van der Waals surface area (Å²) in [5.41, 5.74) is 1.30. The summed E-state index contributed by atoms with van der Waals surface area (Å²) in [6, 6.07) is 11.5. The van der Waals surface area contributed by atoms with Crippen molar-refractivity contribution in [1.82, 2.24) is 4.57 Å². The molecule has 3 rings (SSSR count). The zero-order valence-corrected chi connectivity index (χ0v) is 15.6. The number of benzene rings is 1. The van der Waals surface area contributed by atoms with E-state index in [-0.39, 0.29) is 5.75 Å². The normalized spacial score (nSPS) is 21.7. The van der Waals surface area contributed by atoms with E-state index in [1.807, 2.05) is 0 Å². The second-order valence-electron chi connectivity index (χ2n) is 6.17. The van der Waals surface area contributed by atoms with Crippen molar-refractivity contribution in [2.75, 3.05) is 18.8 Å². The Bertz CT molecular complexity index is 768. The van der Waals surface area contributed by atoms with Gasteiger partial charge >= 0.3 is 0 Å². The molecule has 124 valence electrons. The number of sulfone groups is 1. The van der Waals surface area contributed by atoms with Gasteiger partial charge in [-0.15, -0.1) is 0 Å². The van der Waals surface area contributed by atoms with Crippen LogP contribution < -0.4 is 4.90 Å². The molecule has 1 aliphatic rings. The Morgan fingerprint density at radius 3 is 2.65 bits per heavy atom. The minimum Gasteiger partial charge on any atom is -0.350 e. The van der Waals surface area contributed by atoms with Crippen molar-refractivity contribution in [3.63, 3.8) is 0 Å². The lowest BCUT2D eigenvalue weighted by molar-refractivity contribution is -0.916. The number of hydrogen-bond acceptors (Lipinski definition) is 2. The summed E-state index contributed by atoms with van der Waals surface area (Å²) < 4.78 is 28.1. The molecule has 6 heteroatoms. The van der Waals surface area contributed by atoms with E-state index in [1.165, 1.54) is 10.6 Å². The average molecular weight is 398 g/mol. The van der Waals surface area contributed by atoms with Crippen LogP contribution >= 0.6 is 15.9 Å². The molecule has 4 nitrogen and oxygen atoms in total. The van der Waals surface area contributed by atoms with Crippen LogP contribution in [-0.4, -0.2) is 31.8 Å². The smallest absolute Gasteiger partial charge is 0.183 e. The molecule has 23 heavy (non-hydrogen) atoms. The number of rotatable bonds is 5. The summed E-state index contributed by atoms with van der Waals surface area (Å²) in [7, 11) is -1.16. The first-order valence-corrected chi connectivity index (χ1v) is 10.4. The first-order valence-electron chi connectivity index (χ1n) is 7.91. The Balaban J connectivity index is 1.69. The van der Waals surface area contributed by atoms with Crippen LogP contribution in [0, 0.1) is 0 Å². The lowest BCUT2D eigenvalue weighted by Crippen LogP contribution is -3.11. The summed E-state index contributed by atoms with van der Waals surface area (Å²) in [4.78, 5) is 1.79. The lowest BCUT2D eigenvalue weighted by atomic mass is 10.1. The van der Waals surface area contributed by atoms with E-state index in [2.05, 4.69) is 45.9 Å². The molecule has 0 radical (unpaired) electrons. The molecular weight excluding hydrogens is 376 g/mol. The largest absolute Gasteiger partial charge is 0.350 e. The molecule has 1 unspecified atom stereocenters. The molecule has 1 N–H and O–H groups in total. The van der Waals surface area contributed by atoms with Gasteiger partial charge in [0.05, 0.1) is 23.7 Å². The van der Waals surface area contributed by atoms with Gasteiger partial charge in [0.1, 0.15) is 11.8 Å². The molecule has 0 amide bonds. The van der Waals surface area contributed by atoms with Crippen molar-refractivity contribution in [1.29, 1.82) is 0 Å².